The maximum atomic E-state index is 13.2. The minimum atomic E-state index is 0.178. The van der Waals surface area contributed by atoms with Gasteiger partial charge in [-0.3, -0.25) is 14.7 Å². The molecule has 0 saturated carbocycles. The van der Waals surface area contributed by atoms with Crippen LogP contribution in [0, 0.1) is 0 Å². The second-order valence-corrected chi connectivity index (χ2v) is 9.43. The number of hydrogen-bond acceptors (Lipinski definition) is 3. The van der Waals surface area contributed by atoms with Crippen molar-refractivity contribution in [3.05, 3.63) is 101 Å². The third kappa shape index (κ3) is 6.52. The SMILES string of the molecule is CC(C)N(Cc1ccccc1)C(=O)CN1CCC[C@H](c2ccc(Cc3ccccc3)cn2)C1. The van der Waals surface area contributed by atoms with E-state index in [0.29, 0.717) is 19.0 Å². The summed E-state index contributed by atoms with van der Waals surface area (Å²) in [6.45, 7) is 7.22. The molecule has 1 aliphatic rings. The Balaban J connectivity index is 1.35. The summed E-state index contributed by atoms with van der Waals surface area (Å²) in [6.07, 6.45) is 5.16. The fourth-order valence-corrected chi connectivity index (χ4v) is 4.68. The number of pyridine rings is 1. The minimum absolute atomic E-state index is 0.178. The number of aromatic nitrogens is 1. The Bertz CT molecular complexity index is 1000. The predicted octanol–water partition coefficient (Wildman–Crippen LogP) is 5.29. The van der Waals surface area contributed by atoms with E-state index in [0.717, 1.165) is 38.0 Å². The van der Waals surface area contributed by atoms with Crippen molar-refractivity contribution in [2.75, 3.05) is 19.6 Å². The first kappa shape index (κ1) is 23.2. The van der Waals surface area contributed by atoms with Crippen molar-refractivity contribution in [1.29, 1.82) is 0 Å². The van der Waals surface area contributed by atoms with E-state index in [2.05, 4.69) is 67.3 Å². The van der Waals surface area contributed by atoms with E-state index in [1.54, 1.807) is 0 Å². The zero-order valence-electron chi connectivity index (χ0n) is 19.9. The van der Waals surface area contributed by atoms with Crippen molar-refractivity contribution in [3.8, 4) is 0 Å². The molecular weight excluding hydrogens is 406 g/mol. The summed E-state index contributed by atoms with van der Waals surface area (Å²) in [5, 5.41) is 0. The number of carbonyl (C=O) groups is 1. The molecule has 1 fully saturated rings. The second kappa shape index (κ2) is 11.2. The molecule has 2 heterocycles. The van der Waals surface area contributed by atoms with Gasteiger partial charge in [0.05, 0.1) is 6.54 Å². The number of nitrogens with zero attached hydrogens (tertiary/aromatic N) is 3. The molecule has 4 rings (SSSR count). The molecule has 0 unspecified atom stereocenters. The van der Waals surface area contributed by atoms with Crippen LogP contribution in [0.4, 0.5) is 0 Å². The molecule has 33 heavy (non-hydrogen) atoms. The van der Waals surface area contributed by atoms with E-state index in [4.69, 9.17) is 4.98 Å². The van der Waals surface area contributed by atoms with Crippen LogP contribution in [0.1, 0.15) is 55.0 Å². The third-order valence-electron chi connectivity index (χ3n) is 6.52. The Morgan fingerprint density at radius 1 is 0.970 bits per heavy atom. The number of carbonyl (C=O) groups excluding carboxylic acids is 1. The smallest absolute Gasteiger partial charge is 0.237 e. The van der Waals surface area contributed by atoms with Crippen molar-refractivity contribution < 1.29 is 4.79 Å². The quantitative estimate of drug-likeness (QED) is 0.477. The lowest BCUT2D eigenvalue weighted by Crippen LogP contribution is -2.45. The van der Waals surface area contributed by atoms with E-state index in [-0.39, 0.29) is 11.9 Å². The fraction of sp³-hybridized carbons (Fsp3) is 0.379. The van der Waals surface area contributed by atoms with Gasteiger partial charge in [-0.15, -0.1) is 0 Å². The largest absolute Gasteiger partial charge is 0.335 e. The Morgan fingerprint density at radius 2 is 1.67 bits per heavy atom. The lowest BCUT2D eigenvalue weighted by atomic mass is 9.93. The zero-order chi connectivity index (χ0) is 23.0. The average molecular weight is 442 g/mol. The van der Waals surface area contributed by atoms with Crippen LogP contribution in [0.15, 0.2) is 79.0 Å². The van der Waals surface area contributed by atoms with E-state index < -0.39 is 0 Å². The molecule has 0 spiro atoms. The van der Waals surface area contributed by atoms with Gasteiger partial charge in [0, 0.05) is 36.9 Å². The highest BCUT2D eigenvalue weighted by Crippen LogP contribution is 2.26. The van der Waals surface area contributed by atoms with Crippen LogP contribution >= 0.6 is 0 Å². The van der Waals surface area contributed by atoms with Crippen LogP contribution in [0.3, 0.4) is 0 Å². The predicted molar refractivity (Wildman–Crippen MR) is 134 cm³/mol. The van der Waals surface area contributed by atoms with Gasteiger partial charge in [-0.05, 0) is 62.4 Å². The molecule has 0 bridgehead atoms. The summed E-state index contributed by atoms with van der Waals surface area (Å²) < 4.78 is 0. The van der Waals surface area contributed by atoms with Gasteiger partial charge in [-0.25, -0.2) is 0 Å². The standard InChI is InChI=1S/C29H35N3O/c1-23(2)32(20-25-12-7-4-8-13-25)29(33)22-31-17-9-14-27(21-31)28-16-15-26(19-30-28)18-24-10-5-3-6-11-24/h3-8,10-13,15-16,19,23,27H,9,14,17-18,20-22H2,1-2H3/t27-/m0/s1. The Labute approximate surface area is 198 Å². The maximum absolute atomic E-state index is 13.2. The monoisotopic (exact) mass is 441 g/mol. The van der Waals surface area contributed by atoms with Gasteiger partial charge in [0.25, 0.3) is 0 Å². The van der Waals surface area contributed by atoms with Crippen molar-refractivity contribution >= 4 is 5.91 Å². The summed E-state index contributed by atoms with van der Waals surface area (Å²) in [4.78, 5) is 22.3. The van der Waals surface area contributed by atoms with E-state index in [1.165, 1.54) is 16.7 Å². The Kier molecular flexibility index (Phi) is 7.90. The molecule has 4 heteroatoms. The molecule has 172 valence electrons. The summed E-state index contributed by atoms with van der Waals surface area (Å²) in [6, 6.07) is 25.3. The lowest BCUT2D eigenvalue weighted by Gasteiger charge is -2.35. The van der Waals surface area contributed by atoms with Gasteiger partial charge in [-0.2, -0.15) is 0 Å². The van der Waals surface area contributed by atoms with Crippen LogP contribution in [-0.2, 0) is 17.8 Å². The van der Waals surface area contributed by atoms with Crippen molar-refractivity contribution in [2.24, 2.45) is 0 Å². The molecule has 0 aliphatic carbocycles. The highest BCUT2D eigenvalue weighted by atomic mass is 16.2. The van der Waals surface area contributed by atoms with Crippen LogP contribution in [0.25, 0.3) is 0 Å². The topological polar surface area (TPSA) is 36.4 Å². The van der Waals surface area contributed by atoms with Crippen LogP contribution in [0.2, 0.25) is 0 Å². The third-order valence-corrected chi connectivity index (χ3v) is 6.52. The zero-order valence-corrected chi connectivity index (χ0v) is 19.9. The van der Waals surface area contributed by atoms with Gasteiger partial charge in [0.15, 0.2) is 0 Å². The number of hydrogen-bond donors (Lipinski definition) is 0. The number of piperidine rings is 1. The molecule has 2 aromatic carbocycles. The number of amides is 1. The van der Waals surface area contributed by atoms with E-state index in [1.807, 2.05) is 35.4 Å². The van der Waals surface area contributed by atoms with Crippen LogP contribution < -0.4 is 0 Å². The molecule has 1 atom stereocenters. The lowest BCUT2D eigenvalue weighted by molar-refractivity contribution is -0.135. The van der Waals surface area contributed by atoms with Crippen molar-refractivity contribution in [3.63, 3.8) is 0 Å². The molecule has 0 N–H and O–H groups in total. The van der Waals surface area contributed by atoms with Crippen LogP contribution in [-0.4, -0.2) is 46.4 Å². The molecule has 1 amide bonds. The first-order valence-electron chi connectivity index (χ1n) is 12.1. The summed E-state index contributed by atoms with van der Waals surface area (Å²) in [7, 11) is 0. The first-order valence-corrected chi connectivity index (χ1v) is 12.1. The summed E-state index contributed by atoms with van der Waals surface area (Å²) in [5.74, 6) is 0.597. The minimum Gasteiger partial charge on any atom is -0.335 e. The van der Waals surface area contributed by atoms with E-state index in [9.17, 15) is 4.79 Å². The van der Waals surface area contributed by atoms with Crippen LogP contribution in [0.5, 0.6) is 0 Å². The van der Waals surface area contributed by atoms with Gasteiger partial charge in [0.1, 0.15) is 0 Å². The number of likely N-dealkylation sites (tertiary alicyclic amines) is 1. The molecule has 1 aliphatic heterocycles. The molecule has 3 aromatic rings. The Morgan fingerprint density at radius 3 is 2.30 bits per heavy atom. The highest BCUT2D eigenvalue weighted by Gasteiger charge is 2.26. The summed E-state index contributed by atoms with van der Waals surface area (Å²) in [5.41, 5.74) is 4.87. The fourth-order valence-electron chi connectivity index (χ4n) is 4.68. The normalized spacial score (nSPS) is 16.6. The molecule has 0 radical (unpaired) electrons. The number of rotatable bonds is 8. The van der Waals surface area contributed by atoms with Crippen molar-refractivity contribution in [2.45, 2.75) is 51.6 Å². The first-order chi connectivity index (χ1) is 16.1. The Hall–Kier alpha value is -2.98. The van der Waals surface area contributed by atoms with Gasteiger partial charge >= 0.3 is 0 Å². The van der Waals surface area contributed by atoms with Gasteiger partial charge in [0.2, 0.25) is 5.91 Å². The molecule has 4 nitrogen and oxygen atoms in total. The molecule has 1 aromatic heterocycles. The molecular formula is C29H35N3O. The highest BCUT2D eigenvalue weighted by molar-refractivity contribution is 5.78. The second-order valence-electron chi connectivity index (χ2n) is 9.43. The van der Waals surface area contributed by atoms with Crippen molar-refractivity contribution in [1.82, 2.24) is 14.8 Å². The number of benzene rings is 2. The molecule has 1 saturated heterocycles. The average Bonchev–Trinajstić information content (AvgIpc) is 2.84. The maximum Gasteiger partial charge on any atom is 0.237 e. The summed E-state index contributed by atoms with van der Waals surface area (Å²) >= 11 is 0. The van der Waals surface area contributed by atoms with E-state index >= 15 is 0 Å². The van der Waals surface area contributed by atoms with Gasteiger partial charge < -0.3 is 4.90 Å². The van der Waals surface area contributed by atoms with Gasteiger partial charge in [-0.1, -0.05) is 66.7 Å².